The Kier molecular flexibility index (Phi) is 8.11. The Morgan fingerprint density at radius 3 is 2.50 bits per heavy atom. The van der Waals surface area contributed by atoms with Crippen molar-refractivity contribution in [3.8, 4) is 5.75 Å². The summed E-state index contributed by atoms with van der Waals surface area (Å²) in [5.41, 5.74) is 1.33. The van der Waals surface area contributed by atoms with Crippen LogP contribution in [0.25, 0.3) is 10.8 Å². The topological polar surface area (TPSA) is 49.8 Å². The van der Waals surface area contributed by atoms with Gasteiger partial charge in [-0.15, -0.1) is 0 Å². The standard InChI is InChI=1S/C25H24BrClINO3/c1-25(2,3)21(27)12-13-29(24(30)31)19-14-20(32-15-16-8-5-4-6-9-16)22-17(23(19)28)10-7-11-18(22)26/h4-12,14H,13,15H2,1-3H3,(H,30,31). The number of fused-ring (bicyclic) bond motifs is 1. The van der Waals surface area contributed by atoms with Crippen LogP contribution in [0.2, 0.25) is 0 Å². The van der Waals surface area contributed by atoms with E-state index in [4.69, 9.17) is 16.3 Å². The third-order valence-electron chi connectivity index (χ3n) is 4.92. The van der Waals surface area contributed by atoms with Crippen LogP contribution in [0.15, 0.2) is 70.2 Å². The predicted molar refractivity (Wildman–Crippen MR) is 144 cm³/mol. The number of halogens is 3. The van der Waals surface area contributed by atoms with Gasteiger partial charge in [-0.3, -0.25) is 4.90 Å². The first-order valence-electron chi connectivity index (χ1n) is 10.0. The second kappa shape index (κ2) is 10.4. The average molecular weight is 629 g/mol. The fourth-order valence-electron chi connectivity index (χ4n) is 3.16. The van der Waals surface area contributed by atoms with Gasteiger partial charge >= 0.3 is 6.09 Å². The Hall–Kier alpha value is -1.77. The lowest BCUT2D eigenvalue weighted by molar-refractivity contribution is 0.202. The Balaban J connectivity index is 2.09. The maximum Gasteiger partial charge on any atom is 0.412 e. The van der Waals surface area contributed by atoms with Gasteiger partial charge < -0.3 is 9.84 Å². The molecule has 0 heterocycles. The van der Waals surface area contributed by atoms with Gasteiger partial charge in [-0.2, -0.15) is 0 Å². The lowest BCUT2D eigenvalue weighted by Gasteiger charge is -2.24. The highest BCUT2D eigenvalue weighted by Crippen LogP contribution is 2.41. The van der Waals surface area contributed by atoms with Gasteiger partial charge in [0.15, 0.2) is 0 Å². The number of allylic oxidation sites excluding steroid dienone is 1. The highest BCUT2D eigenvalue weighted by atomic mass is 127. The van der Waals surface area contributed by atoms with E-state index in [1.54, 1.807) is 12.1 Å². The van der Waals surface area contributed by atoms with E-state index in [0.717, 1.165) is 24.4 Å². The Labute approximate surface area is 215 Å². The molecule has 0 aliphatic heterocycles. The van der Waals surface area contributed by atoms with Crippen LogP contribution >= 0.6 is 50.1 Å². The molecular weight excluding hydrogens is 605 g/mol. The van der Waals surface area contributed by atoms with E-state index in [0.29, 0.717) is 23.1 Å². The van der Waals surface area contributed by atoms with Gasteiger partial charge in [0.2, 0.25) is 0 Å². The number of carbonyl (C=O) groups is 1. The normalized spacial score (nSPS) is 12.1. The van der Waals surface area contributed by atoms with Gasteiger partial charge in [-0.1, -0.05) is 90.8 Å². The van der Waals surface area contributed by atoms with Gasteiger partial charge in [-0.25, -0.2) is 4.79 Å². The van der Waals surface area contributed by atoms with E-state index in [9.17, 15) is 9.90 Å². The zero-order valence-electron chi connectivity index (χ0n) is 18.0. The molecule has 0 fully saturated rings. The summed E-state index contributed by atoms with van der Waals surface area (Å²) < 4.78 is 7.91. The maximum atomic E-state index is 12.2. The van der Waals surface area contributed by atoms with E-state index in [-0.39, 0.29) is 12.0 Å². The summed E-state index contributed by atoms with van der Waals surface area (Å²) in [6, 6.07) is 17.5. The Morgan fingerprint density at radius 1 is 1.19 bits per heavy atom. The van der Waals surface area contributed by atoms with Crippen molar-refractivity contribution in [2.45, 2.75) is 27.4 Å². The number of hydrogen-bond acceptors (Lipinski definition) is 2. The van der Waals surface area contributed by atoms with E-state index in [1.807, 2.05) is 69.3 Å². The summed E-state index contributed by atoms with van der Waals surface area (Å²) in [6.07, 6.45) is 0.697. The van der Waals surface area contributed by atoms with E-state index in [1.165, 1.54) is 4.90 Å². The summed E-state index contributed by atoms with van der Waals surface area (Å²) in [4.78, 5) is 13.5. The van der Waals surface area contributed by atoms with E-state index >= 15 is 0 Å². The van der Waals surface area contributed by atoms with Crippen LogP contribution in [0, 0.1) is 8.99 Å². The molecule has 0 spiro atoms. The summed E-state index contributed by atoms with van der Waals surface area (Å²) in [5.74, 6) is 0.615. The highest BCUT2D eigenvalue weighted by molar-refractivity contribution is 14.1. The number of anilines is 1. The van der Waals surface area contributed by atoms with Crippen molar-refractivity contribution < 1.29 is 14.6 Å². The second-order valence-corrected chi connectivity index (χ2v) is 10.7. The molecular formula is C25H24BrClINO3. The molecule has 3 rings (SSSR count). The number of carboxylic acid groups (broad SMARTS) is 1. The monoisotopic (exact) mass is 627 g/mol. The average Bonchev–Trinajstić information content (AvgIpc) is 2.74. The van der Waals surface area contributed by atoms with Crippen LogP contribution in [0.4, 0.5) is 10.5 Å². The number of nitrogens with zero attached hydrogens (tertiary/aromatic N) is 1. The molecule has 0 aliphatic carbocycles. The molecule has 3 aromatic carbocycles. The lowest BCUT2D eigenvalue weighted by atomic mass is 9.96. The molecule has 0 bridgehead atoms. The van der Waals surface area contributed by atoms with Crippen LogP contribution in [-0.4, -0.2) is 17.7 Å². The number of benzene rings is 3. The van der Waals surface area contributed by atoms with Gasteiger partial charge in [-0.05, 0) is 45.7 Å². The van der Waals surface area contributed by atoms with Crippen molar-refractivity contribution in [1.82, 2.24) is 0 Å². The molecule has 1 amide bonds. The van der Waals surface area contributed by atoms with Crippen molar-refractivity contribution in [3.63, 3.8) is 0 Å². The van der Waals surface area contributed by atoms with Crippen LogP contribution in [0.1, 0.15) is 26.3 Å². The fourth-order valence-corrected chi connectivity index (χ4v) is 4.68. The van der Waals surface area contributed by atoms with Gasteiger partial charge in [0, 0.05) is 36.5 Å². The van der Waals surface area contributed by atoms with Crippen molar-refractivity contribution >= 4 is 72.7 Å². The number of amides is 1. The SMILES string of the molecule is CC(C)(C)C(Cl)=CCN(C(=O)O)c1cc(OCc2ccccc2)c2c(Br)cccc2c1I. The molecule has 168 valence electrons. The maximum absolute atomic E-state index is 12.2. The van der Waals surface area contributed by atoms with Gasteiger partial charge in [0.05, 0.1) is 5.69 Å². The van der Waals surface area contributed by atoms with Crippen LogP contribution < -0.4 is 9.64 Å². The third-order valence-corrected chi connectivity index (χ3v) is 7.43. The highest BCUT2D eigenvalue weighted by Gasteiger charge is 2.23. The summed E-state index contributed by atoms with van der Waals surface area (Å²) in [7, 11) is 0. The van der Waals surface area contributed by atoms with Crippen molar-refractivity contribution in [2.75, 3.05) is 11.4 Å². The van der Waals surface area contributed by atoms with Crippen LogP contribution in [-0.2, 0) is 6.61 Å². The smallest absolute Gasteiger partial charge is 0.412 e. The van der Waals surface area contributed by atoms with E-state index < -0.39 is 6.09 Å². The summed E-state index contributed by atoms with van der Waals surface area (Å²) >= 11 is 12.2. The molecule has 0 radical (unpaired) electrons. The first kappa shape index (κ1) is 24.9. The largest absolute Gasteiger partial charge is 0.488 e. The molecule has 3 aromatic rings. The van der Waals surface area contributed by atoms with Crippen molar-refractivity contribution in [2.24, 2.45) is 5.41 Å². The second-order valence-electron chi connectivity index (χ2n) is 8.34. The van der Waals surface area contributed by atoms with Gasteiger partial charge in [0.25, 0.3) is 0 Å². The molecule has 0 aromatic heterocycles. The summed E-state index contributed by atoms with van der Waals surface area (Å²) in [5, 5.41) is 12.4. The molecule has 0 atom stereocenters. The quantitative estimate of drug-likeness (QED) is 0.279. The molecule has 4 nitrogen and oxygen atoms in total. The van der Waals surface area contributed by atoms with Crippen LogP contribution in [0.5, 0.6) is 5.75 Å². The van der Waals surface area contributed by atoms with E-state index in [2.05, 4.69) is 38.5 Å². The van der Waals surface area contributed by atoms with Gasteiger partial charge in [0.1, 0.15) is 12.4 Å². The predicted octanol–water partition coefficient (Wildman–Crippen LogP) is 8.44. The molecule has 1 N–H and O–H groups in total. The minimum Gasteiger partial charge on any atom is -0.488 e. The third kappa shape index (κ3) is 5.77. The minimum absolute atomic E-state index is 0.138. The Bertz CT molecular complexity index is 1160. The molecule has 7 heteroatoms. The number of hydrogen-bond donors (Lipinski definition) is 1. The molecule has 0 aliphatic rings. The minimum atomic E-state index is -1.05. The molecule has 0 saturated carbocycles. The zero-order valence-corrected chi connectivity index (χ0v) is 22.5. The molecule has 0 unspecified atom stereocenters. The first-order valence-corrected chi connectivity index (χ1v) is 12.3. The van der Waals surface area contributed by atoms with Crippen LogP contribution in [0.3, 0.4) is 0 Å². The summed E-state index contributed by atoms with van der Waals surface area (Å²) in [6.45, 7) is 6.48. The fraction of sp³-hybridized carbons (Fsp3) is 0.240. The lowest BCUT2D eigenvalue weighted by Crippen LogP contribution is -2.30. The number of ether oxygens (including phenoxy) is 1. The Morgan fingerprint density at radius 2 is 1.88 bits per heavy atom. The molecule has 32 heavy (non-hydrogen) atoms. The first-order chi connectivity index (χ1) is 15.1. The number of rotatable bonds is 6. The molecule has 0 saturated heterocycles. The van der Waals surface area contributed by atoms with Crippen molar-refractivity contribution in [3.05, 3.63) is 79.3 Å². The zero-order chi connectivity index (χ0) is 23.5. The van der Waals surface area contributed by atoms with Crippen molar-refractivity contribution in [1.29, 1.82) is 0 Å².